The van der Waals surface area contributed by atoms with E-state index in [-0.39, 0.29) is 0 Å². The Morgan fingerprint density at radius 2 is 1.09 bits per heavy atom. The maximum atomic E-state index is 6.30. The van der Waals surface area contributed by atoms with E-state index in [0.29, 0.717) is 17.5 Å². The van der Waals surface area contributed by atoms with Crippen LogP contribution < -0.4 is 9.64 Å². The van der Waals surface area contributed by atoms with Gasteiger partial charge in [0.2, 0.25) is 11.8 Å². The number of anilines is 3. The fourth-order valence-electron chi connectivity index (χ4n) is 6.02. The topological polar surface area (TPSA) is 77.7 Å². The highest BCUT2D eigenvalue weighted by molar-refractivity contribution is 6.06. The predicted molar refractivity (Wildman–Crippen MR) is 181 cm³/mol. The molecule has 0 saturated carbocycles. The van der Waals surface area contributed by atoms with Crippen molar-refractivity contribution < 1.29 is 18.0 Å². The van der Waals surface area contributed by atoms with E-state index in [0.717, 1.165) is 72.3 Å². The van der Waals surface area contributed by atoms with Crippen LogP contribution in [0.1, 0.15) is 0 Å². The summed E-state index contributed by atoms with van der Waals surface area (Å²) in [4.78, 5) is 11.6. The van der Waals surface area contributed by atoms with Crippen molar-refractivity contribution >= 4 is 61.2 Å². The van der Waals surface area contributed by atoms with Crippen molar-refractivity contribution in [1.29, 1.82) is 0 Å². The highest BCUT2D eigenvalue weighted by Crippen LogP contribution is 2.44. The first-order chi connectivity index (χ1) is 22.7. The number of aromatic nitrogens is 2. The number of hydrogen-bond acceptors (Lipinski definition) is 7. The van der Waals surface area contributed by atoms with Crippen LogP contribution in [0.5, 0.6) is 5.75 Å². The lowest BCUT2D eigenvalue weighted by Gasteiger charge is -2.27. The van der Waals surface area contributed by atoms with Crippen LogP contribution in [0.25, 0.3) is 67.0 Å². The summed E-state index contributed by atoms with van der Waals surface area (Å²) in [6.07, 6.45) is 0. The molecule has 0 atom stereocenters. The molecular formula is C39H25N3O4. The minimum atomic E-state index is 0.532. The van der Waals surface area contributed by atoms with Gasteiger partial charge in [0.25, 0.3) is 0 Å². The lowest BCUT2D eigenvalue weighted by molar-refractivity contribution is 0.416. The van der Waals surface area contributed by atoms with E-state index in [4.69, 9.17) is 23.0 Å². The molecule has 9 rings (SSSR count). The van der Waals surface area contributed by atoms with Gasteiger partial charge in [0.15, 0.2) is 11.2 Å². The summed E-state index contributed by atoms with van der Waals surface area (Å²) in [5.41, 5.74) is 9.06. The predicted octanol–water partition coefficient (Wildman–Crippen LogP) is 10.7. The van der Waals surface area contributed by atoms with Crippen LogP contribution in [-0.4, -0.2) is 17.1 Å². The third kappa shape index (κ3) is 4.29. The number of para-hydroxylation sites is 5. The molecule has 0 amide bonds. The van der Waals surface area contributed by atoms with Gasteiger partial charge in [0.05, 0.1) is 18.5 Å². The Morgan fingerprint density at radius 1 is 0.500 bits per heavy atom. The molecule has 0 radical (unpaired) electrons. The monoisotopic (exact) mass is 599 g/mol. The maximum absolute atomic E-state index is 6.30. The van der Waals surface area contributed by atoms with Crippen molar-refractivity contribution in [1.82, 2.24) is 9.97 Å². The van der Waals surface area contributed by atoms with Crippen molar-refractivity contribution in [3.05, 3.63) is 133 Å². The zero-order chi connectivity index (χ0) is 30.6. The van der Waals surface area contributed by atoms with Gasteiger partial charge in [0.1, 0.15) is 27.9 Å². The highest BCUT2D eigenvalue weighted by atomic mass is 16.5. The number of benzene rings is 6. The highest BCUT2D eigenvalue weighted by Gasteiger charge is 2.21. The van der Waals surface area contributed by atoms with Crippen molar-refractivity contribution in [2.24, 2.45) is 0 Å². The molecule has 0 aliphatic carbocycles. The van der Waals surface area contributed by atoms with Crippen molar-refractivity contribution in [3.8, 4) is 28.7 Å². The summed E-state index contributed by atoms with van der Waals surface area (Å²) in [5.74, 6) is 1.79. The average molecular weight is 600 g/mol. The molecule has 0 fully saturated rings. The Hall–Kier alpha value is -6.34. The second kappa shape index (κ2) is 10.4. The van der Waals surface area contributed by atoms with E-state index in [9.17, 15) is 0 Å². The second-order valence-corrected chi connectivity index (χ2v) is 11.0. The van der Waals surface area contributed by atoms with Gasteiger partial charge in [-0.3, -0.25) is 0 Å². The van der Waals surface area contributed by atoms with Gasteiger partial charge in [-0.1, -0.05) is 42.5 Å². The molecule has 3 heterocycles. The molecule has 0 saturated heterocycles. The van der Waals surface area contributed by atoms with E-state index < -0.39 is 0 Å². The molecule has 6 aromatic carbocycles. The largest absolute Gasteiger partial charge is 0.495 e. The molecule has 0 aliphatic rings. The summed E-state index contributed by atoms with van der Waals surface area (Å²) in [6, 6.07) is 44.0. The van der Waals surface area contributed by atoms with E-state index in [1.165, 1.54) is 0 Å². The zero-order valence-electron chi connectivity index (χ0n) is 24.7. The number of nitrogens with zero attached hydrogens (tertiary/aromatic N) is 3. The Kier molecular flexibility index (Phi) is 5.89. The second-order valence-electron chi connectivity index (χ2n) is 11.0. The molecule has 220 valence electrons. The number of methoxy groups -OCH3 is 1. The van der Waals surface area contributed by atoms with Gasteiger partial charge in [-0.15, -0.1) is 0 Å². The van der Waals surface area contributed by atoms with Gasteiger partial charge >= 0.3 is 0 Å². The Balaban J connectivity index is 1.21. The lowest BCUT2D eigenvalue weighted by atomic mass is 10.1. The van der Waals surface area contributed by atoms with Crippen molar-refractivity contribution in [2.75, 3.05) is 12.0 Å². The van der Waals surface area contributed by atoms with Gasteiger partial charge in [0, 0.05) is 33.7 Å². The van der Waals surface area contributed by atoms with Crippen LogP contribution in [0, 0.1) is 0 Å². The Labute approximate surface area is 262 Å². The van der Waals surface area contributed by atoms with Crippen LogP contribution in [-0.2, 0) is 0 Å². The Bertz CT molecular complexity index is 2480. The van der Waals surface area contributed by atoms with E-state index in [2.05, 4.69) is 46.3 Å². The standard InChI is InChI=1S/C39H25N3O4/c1-43-36-21-16-25(39-41-31-10-4-7-13-35(31)46-39)22-32(36)42(27-19-20-29-28-8-2-5-11-33(28)44-37(29)23-27)26-17-14-24(15-18-26)38-40-30-9-3-6-12-34(30)45-38/h2-23H,1H3. The van der Waals surface area contributed by atoms with E-state index >= 15 is 0 Å². The zero-order valence-corrected chi connectivity index (χ0v) is 24.7. The normalized spacial score (nSPS) is 11.6. The van der Waals surface area contributed by atoms with Gasteiger partial charge < -0.3 is 22.9 Å². The first-order valence-corrected chi connectivity index (χ1v) is 14.9. The maximum Gasteiger partial charge on any atom is 0.227 e. The molecular weight excluding hydrogens is 574 g/mol. The first-order valence-electron chi connectivity index (χ1n) is 14.9. The van der Waals surface area contributed by atoms with Crippen LogP contribution in [0.15, 0.2) is 147 Å². The molecule has 3 aromatic heterocycles. The molecule has 46 heavy (non-hydrogen) atoms. The number of fused-ring (bicyclic) bond motifs is 5. The molecule has 7 heteroatoms. The summed E-state index contributed by atoms with van der Waals surface area (Å²) >= 11 is 0. The summed E-state index contributed by atoms with van der Waals surface area (Å²) in [7, 11) is 1.68. The van der Waals surface area contributed by atoms with Crippen molar-refractivity contribution in [2.45, 2.75) is 0 Å². The molecule has 0 unspecified atom stereocenters. The smallest absolute Gasteiger partial charge is 0.227 e. The summed E-state index contributed by atoms with van der Waals surface area (Å²) in [6.45, 7) is 0. The van der Waals surface area contributed by atoms with E-state index in [1.54, 1.807) is 7.11 Å². The van der Waals surface area contributed by atoms with Crippen molar-refractivity contribution in [3.63, 3.8) is 0 Å². The number of rotatable bonds is 6. The van der Waals surface area contributed by atoms with Crippen LogP contribution in [0.3, 0.4) is 0 Å². The molecule has 9 aromatic rings. The SMILES string of the molecule is COc1ccc(-c2nc3ccccc3o2)cc1N(c1ccc(-c2nc3ccccc3o2)cc1)c1ccc2c(c1)oc1ccccc12. The Morgan fingerprint density at radius 3 is 1.78 bits per heavy atom. The molecule has 7 nitrogen and oxygen atoms in total. The van der Waals surface area contributed by atoms with Gasteiger partial charge in [-0.05, 0) is 84.9 Å². The number of hydrogen-bond donors (Lipinski definition) is 0. The quantitative estimate of drug-likeness (QED) is 0.188. The number of furan rings is 1. The van der Waals surface area contributed by atoms with E-state index in [1.807, 2.05) is 97.1 Å². The lowest BCUT2D eigenvalue weighted by Crippen LogP contribution is -2.11. The third-order valence-electron chi connectivity index (χ3n) is 8.25. The molecule has 0 aliphatic heterocycles. The third-order valence-corrected chi connectivity index (χ3v) is 8.25. The fraction of sp³-hybridized carbons (Fsp3) is 0.0256. The minimum absolute atomic E-state index is 0.532. The van der Waals surface area contributed by atoms with Crippen LogP contribution >= 0.6 is 0 Å². The summed E-state index contributed by atoms with van der Waals surface area (Å²) < 4.78 is 24.4. The number of oxazole rings is 2. The van der Waals surface area contributed by atoms with Gasteiger partial charge in [-0.2, -0.15) is 0 Å². The average Bonchev–Trinajstić information content (AvgIpc) is 3.83. The first kappa shape index (κ1) is 26.1. The fourth-order valence-corrected chi connectivity index (χ4v) is 6.02. The van der Waals surface area contributed by atoms with Crippen LogP contribution in [0.2, 0.25) is 0 Å². The van der Waals surface area contributed by atoms with Crippen LogP contribution in [0.4, 0.5) is 17.1 Å². The molecule has 0 bridgehead atoms. The minimum Gasteiger partial charge on any atom is -0.495 e. The molecule has 0 N–H and O–H groups in total. The van der Waals surface area contributed by atoms with Gasteiger partial charge in [-0.25, -0.2) is 9.97 Å². The number of ether oxygens (including phenoxy) is 1. The summed E-state index contributed by atoms with van der Waals surface area (Å²) in [5, 5.41) is 2.13. The molecule has 0 spiro atoms.